The number of carbonyl (C=O) groups excluding carboxylic acids is 1. The monoisotopic (exact) mass is 604 g/mol. The van der Waals surface area contributed by atoms with Gasteiger partial charge in [0.2, 0.25) is 5.79 Å². The van der Waals surface area contributed by atoms with E-state index in [1.54, 1.807) is 30.3 Å². The first-order chi connectivity index (χ1) is 20.1. The van der Waals surface area contributed by atoms with Crippen LogP contribution in [0.15, 0.2) is 54.7 Å². The van der Waals surface area contributed by atoms with Crippen molar-refractivity contribution in [1.29, 1.82) is 0 Å². The minimum absolute atomic E-state index is 0.0566. The number of ether oxygens (including phenoxy) is 2. The van der Waals surface area contributed by atoms with E-state index in [0.29, 0.717) is 16.0 Å². The molecule has 220 valence electrons. The topological polar surface area (TPSA) is 139 Å². The van der Waals surface area contributed by atoms with Gasteiger partial charge < -0.3 is 30.1 Å². The summed E-state index contributed by atoms with van der Waals surface area (Å²) in [4.78, 5) is 13.5. The summed E-state index contributed by atoms with van der Waals surface area (Å²) in [6, 6.07) is 9.48. The van der Waals surface area contributed by atoms with Gasteiger partial charge in [0.1, 0.15) is 30.0 Å². The Kier molecular flexibility index (Phi) is 7.41. The van der Waals surface area contributed by atoms with Crippen LogP contribution in [0, 0.1) is 17.5 Å². The maximum atomic E-state index is 13.8. The highest BCUT2D eigenvalue weighted by atomic mass is 35.5. The molecular weight excluding hydrogens is 581 g/mol. The molecule has 6 rings (SSSR count). The number of amides is 1. The zero-order valence-electron chi connectivity index (χ0n) is 21.6. The summed E-state index contributed by atoms with van der Waals surface area (Å²) in [5, 5.41) is 45.1. The molecule has 6 atom stereocenters. The van der Waals surface area contributed by atoms with Gasteiger partial charge in [0.15, 0.2) is 17.5 Å². The predicted molar refractivity (Wildman–Crippen MR) is 142 cm³/mol. The molecule has 1 amide bonds. The Labute approximate surface area is 241 Å². The number of aliphatic hydroxyl groups excluding tert-OH is 3. The zero-order valence-corrected chi connectivity index (χ0v) is 22.4. The number of aromatic nitrogens is 3. The number of nitrogens with one attached hydrogen (secondary N) is 1. The highest BCUT2D eigenvalue weighted by molar-refractivity contribution is 6.31. The third kappa shape index (κ3) is 4.71. The number of aliphatic hydroxyl groups is 3. The van der Waals surface area contributed by atoms with E-state index in [9.17, 15) is 33.3 Å². The second kappa shape index (κ2) is 10.9. The van der Waals surface area contributed by atoms with E-state index in [-0.39, 0.29) is 24.3 Å². The summed E-state index contributed by atoms with van der Waals surface area (Å²) in [5.74, 6) is -6.93. The van der Waals surface area contributed by atoms with E-state index in [2.05, 4.69) is 15.6 Å². The molecule has 0 unspecified atom stereocenters. The van der Waals surface area contributed by atoms with E-state index < -0.39 is 66.1 Å². The Bertz CT molecular complexity index is 1650. The molecule has 0 saturated carbocycles. The fourth-order valence-electron chi connectivity index (χ4n) is 5.62. The number of carbonyl (C=O) groups is 1. The average Bonchev–Trinajstić information content (AvgIpc) is 3.61. The molecule has 0 radical (unpaired) electrons. The highest BCUT2D eigenvalue weighted by Gasteiger charge is 2.62. The van der Waals surface area contributed by atoms with E-state index in [1.165, 1.54) is 6.20 Å². The second-order valence-corrected chi connectivity index (χ2v) is 10.6. The van der Waals surface area contributed by atoms with E-state index in [4.69, 9.17) is 21.1 Å². The molecule has 4 aromatic rings. The number of nitrogens with zero attached hydrogens (tertiary/aromatic N) is 3. The van der Waals surface area contributed by atoms with Crippen molar-refractivity contribution in [2.45, 2.75) is 42.6 Å². The van der Waals surface area contributed by atoms with E-state index in [0.717, 1.165) is 22.2 Å². The van der Waals surface area contributed by atoms with Crippen LogP contribution < -0.4 is 5.32 Å². The van der Waals surface area contributed by atoms with Crippen LogP contribution in [-0.4, -0.2) is 79.6 Å². The lowest BCUT2D eigenvalue weighted by atomic mass is 9.86. The Morgan fingerprint density at radius 2 is 1.90 bits per heavy atom. The number of fused-ring (bicyclic) bond motifs is 1. The van der Waals surface area contributed by atoms with Crippen LogP contribution in [0.2, 0.25) is 5.02 Å². The van der Waals surface area contributed by atoms with Crippen LogP contribution in [-0.2, 0) is 9.47 Å². The van der Waals surface area contributed by atoms with Gasteiger partial charge in [-0.1, -0.05) is 35.0 Å². The SMILES string of the molecule is O=C(N[C@@H]1CCO[C@]12O[C@H](CO)[C@H](O)[C@H](n1cc(-c3cc(F)c(F)c(F)c3)nn1)[C@H]2O)c1cccc2ccc(Cl)cc12. The number of rotatable bonds is 5. The third-order valence-electron chi connectivity index (χ3n) is 7.69. The molecule has 1 spiro atoms. The summed E-state index contributed by atoms with van der Waals surface area (Å²) < 4.78 is 54.0. The maximum absolute atomic E-state index is 13.8. The molecule has 3 heterocycles. The van der Waals surface area contributed by atoms with Gasteiger partial charge >= 0.3 is 0 Å². The first kappa shape index (κ1) is 28.5. The van der Waals surface area contributed by atoms with Crippen molar-refractivity contribution in [3.05, 3.63) is 82.8 Å². The summed E-state index contributed by atoms with van der Waals surface area (Å²) in [6.07, 6.45) is -3.11. The Morgan fingerprint density at radius 1 is 1.14 bits per heavy atom. The Balaban J connectivity index is 1.33. The largest absolute Gasteiger partial charge is 0.394 e. The molecule has 14 heteroatoms. The minimum atomic E-state index is -1.92. The molecule has 0 aliphatic carbocycles. The van der Waals surface area contributed by atoms with Gasteiger partial charge in [0, 0.05) is 16.1 Å². The number of hydrogen-bond donors (Lipinski definition) is 4. The van der Waals surface area contributed by atoms with Gasteiger partial charge in [-0.25, -0.2) is 17.9 Å². The predicted octanol–water partition coefficient (Wildman–Crippen LogP) is 2.74. The number of halogens is 4. The lowest BCUT2D eigenvalue weighted by Crippen LogP contribution is -2.69. The van der Waals surface area contributed by atoms with Crippen LogP contribution in [0.1, 0.15) is 22.8 Å². The smallest absolute Gasteiger partial charge is 0.252 e. The summed E-state index contributed by atoms with van der Waals surface area (Å²) >= 11 is 6.17. The van der Waals surface area contributed by atoms with Crippen LogP contribution in [0.5, 0.6) is 0 Å². The Morgan fingerprint density at radius 3 is 2.64 bits per heavy atom. The van der Waals surface area contributed by atoms with Gasteiger partial charge in [0.05, 0.1) is 25.5 Å². The minimum Gasteiger partial charge on any atom is -0.394 e. The molecule has 2 saturated heterocycles. The van der Waals surface area contributed by atoms with Gasteiger partial charge in [-0.15, -0.1) is 5.10 Å². The van der Waals surface area contributed by atoms with Gasteiger partial charge in [-0.05, 0) is 47.5 Å². The van der Waals surface area contributed by atoms with Crippen molar-refractivity contribution in [3.63, 3.8) is 0 Å². The highest BCUT2D eigenvalue weighted by Crippen LogP contribution is 2.43. The molecule has 2 fully saturated rings. The first-order valence-corrected chi connectivity index (χ1v) is 13.4. The maximum Gasteiger partial charge on any atom is 0.252 e. The summed E-state index contributed by atoms with van der Waals surface area (Å²) in [6.45, 7) is -0.630. The van der Waals surface area contributed by atoms with E-state index in [1.807, 2.05) is 6.07 Å². The molecule has 2 aliphatic rings. The van der Waals surface area contributed by atoms with Gasteiger partial charge in [0.25, 0.3) is 5.91 Å². The van der Waals surface area contributed by atoms with Crippen molar-refractivity contribution >= 4 is 28.3 Å². The van der Waals surface area contributed by atoms with Gasteiger partial charge in [-0.3, -0.25) is 4.79 Å². The number of benzene rings is 3. The van der Waals surface area contributed by atoms with Crippen LogP contribution in [0.3, 0.4) is 0 Å². The average molecular weight is 605 g/mol. The van der Waals surface area contributed by atoms with Crippen molar-refractivity contribution in [1.82, 2.24) is 20.3 Å². The fraction of sp³-hybridized carbons (Fsp3) is 0.321. The lowest BCUT2D eigenvalue weighted by molar-refractivity contribution is -0.344. The quantitative estimate of drug-likeness (QED) is 0.255. The van der Waals surface area contributed by atoms with Crippen LogP contribution in [0.25, 0.3) is 22.0 Å². The van der Waals surface area contributed by atoms with Crippen molar-refractivity contribution in [2.75, 3.05) is 13.2 Å². The fourth-order valence-corrected chi connectivity index (χ4v) is 5.79. The Hall–Kier alpha value is -3.59. The molecule has 1 aromatic heterocycles. The summed E-state index contributed by atoms with van der Waals surface area (Å²) in [5.41, 5.74) is 0.0944. The second-order valence-electron chi connectivity index (χ2n) is 10.2. The third-order valence-corrected chi connectivity index (χ3v) is 7.93. The zero-order chi connectivity index (χ0) is 29.8. The van der Waals surface area contributed by atoms with Crippen molar-refractivity contribution in [2.24, 2.45) is 0 Å². The molecule has 0 bridgehead atoms. The normalized spacial score (nSPS) is 27.5. The standard InChI is InChI=1S/C28H24ClF3N4O6/c29-15-5-4-13-2-1-3-16(17(13)10-15)27(40)33-22-6-7-41-28(22)26(39)24(25(38)21(12-37)42-28)36-11-20(34-35-36)14-8-18(30)23(32)19(31)9-14/h1-5,8-11,21-22,24-26,37-39H,6-7,12H2,(H,33,40)/t21-,22-,24+,25+,26-,28+/m1/s1. The molecule has 4 N–H and O–H groups in total. The molecular formula is C28H24ClF3N4O6. The van der Waals surface area contributed by atoms with Gasteiger partial charge in [-0.2, -0.15) is 0 Å². The molecule has 3 aromatic carbocycles. The van der Waals surface area contributed by atoms with Crippen molar-refractivity contribution in [3.8, 4) is 11.3 Å². The molecule has 42 heavy (non-hydrogen) atoms. The molecule has 2 aliphatic heterocycles. The van der Waals surface area contributed by atoms with Crippen molar-refractivity contribution < 1.29 is 42.8 Å². The van der Waals surface area contributed by atoms with Crippen LogP contribution >= 0.6 is 11.6 Å². The number of hydrogen-bond acceptors (Lipinski definition) is 8. The first-order valence-electron chi connectivity index (χ1n) is 13.0. The van der Waals surface area contributed by atoms with Crippen LogP contribution in [0.4, 0.5) is 13.2 Å². The van der Waals surface area contributed by atoms with E-state index >= 15 is 0 Å². The summed E-state index contributed by atoms with van der Waals surface area (Å²) in [7, 11) is 0. The molecule has 10 nitrogen and oxygen atoms in total. The lowest BCUT2D eigenvalue weighted by Gasteiger charge is -2.49.